The van der Waals surface area contributed by atoms with E-state index in [2.05, 4.69) is 0 Å². The second kappa shape index (κ2) is 6.20. The summed E-state index contributed by atoms with van der Waals surface area (Å²) in [4.78, 5) is 12.5. The van der Waals surface area contributed by atoms with Gasteiger partial charge < -0.3 is 9.47 Å². The van der Waals surface area contributed by atoms with Gasteiger partial charge in [-0.3, -0.25) is 4.79 Å². The second-order valence-electron chi connectivity index (χ2n) is 5.63. The van der Waals surface area contributed by atoms with Crippen LogP contribution >= 0.6 is 0 Å². The van der Waals surface area contributed by atoms with Gasteiger partial charge in [-0.15, -0.1) is 0 Å². The molecule has 0 saturated heterocycles. The Morgan fingerprint density at radius 3 is 2.62 bits per heavy atom. The molecule has 4 rings (SSSR count). The predicted octanol–water partition coefficient (Wildman–Crippen LogP) is 4.51. The standard InChI is InChI=1S/C21H16O3/c22-19(18-9-8-15-4-1-2-5-17(15)14-18)11-10-16-6-3-7-20-21(16)24-13-12-23-20/h1-11,14H,12-13H2/b11-10+. The smallest absolute Gasteiger partial charge is 0.185 e. The van der Waals surface area contributed by atoms with Crippen LogP contribution in [-0.4, -0.2) is 19.0 Å². The van der Waals surface area contributed by atoms with E-state index in [-0.39, 0.29) is 5.78 Å². The molecule has 118 valence electrons. The molecule has 1 heterocycles. The Bertz CT molecular complexity index is 941. The maximum atomic E-state index is 12.5. The summed E-state index contributed by atoms with van der Waals surface area (Å²) < 4.78 is 11.2. The highest BCUT2D eigenvalue weighted by Crippen LogP contribution is 2.34. The van der Waals surface area contributed by atoms with Gasteiger partial charge in [0.1, 0.15) is 13.2 Å². The maximum Gasteiger partial charge on any atom is 0.185 e. The molecule has 1 aliphatic heterocycles. The highest BCUT2D eigenvalue weighted by atomic mass is 16.6. The van der Waals surface area contributed by atoms with Gasteiger partial charge in [0, 0.05) is 11.1 Å². The molecule has 0 aromatic heterocycles. The van der Waals surface area contributed by atoms with E-state index in [1.807, 2.05) is 60.7 Å². The Kier molecular flexibility index (Phi) is 3.75. The van der Waals surface area contributed by atoms with Crippen LogP contribution < -0.4 is 9.47 Å². The summed E-state index contributed by atoms with van der Waals surface area (Å²) in [5.74, 6) is 1.39. The first-order valence-electron chi connectivity index (χ1n) is 7.91. The van der Waals surface area contributed by atoms with Crippen molar-refractivity contribution in [1.29, 1.82) is 0 Å². The zero-order valence-electron chi connectivity index (χ0n) is 13.1. The van der Waals surface area contributed by atoms with Crippen molar-refractivity contribution >= 4 is 22.6 Å². The van der Waals surface area contributed by atoms with Gasteiger partial charge in [-0.2, -0.15) is 0 Å². The molecular weight excluding hydrogens is 300 g/mol. The third kappa shape index (κ3) is 2.76. The van der Waals surface area contributed by atoms with E-state index in [1.165, 1.54) is 0 Å². The number of ketones is 1. The van der Waals surface area contributed by atoms with Crippen LogP contribution in [0.25, 0.3) is 16.8 Å². The first-order chi connectivity index (χ1) is 11.8. The first-order valence-corrected chi connectivity index (χ1v) is 7.91. The van der Waals surface area contributed by atoms with Crippen molar-refractivity contribution < 1.29 is 14.3 Å². The molecule has 0 N–H and O–H groups in total. The fourth-order valence-corrected chi connectivity index (χ4v) is 2.83. The minimum atomic E-state index is -0.0323. The lowest BCUT2D eigenvalue weighted by atomic mass is 10.0. The molecule has 0 aliphatic carbocycles. The number of allylic oxidation sites excluding steroid dienone is 1. The SMILES string of the molecule is O=C(/C=C/c1cccc2c1OCCO2)c1ccc2ccccc2c1. The van der Waals surface area contributed by atoms with E-state index < -0.39 is 0 Å². The molecule has 0 fully saturated rings. The van der Waals surface area contributed by atoms with Crippen LogP contribution in [0.4, 0.5) is 0 Å². The Morgan fingerprint density at radius 2 is 1.71 bits per heavy atom. The van der Waals surface area contributed by atoms with Crippen LogP contribution in [0, 0.1) is 0 Å². The molecule has 0 unspecified atom stereocenters. The van der Waals surface area contributed by atoms with Crippen LogP contribution in [0.3, 0.4) is 0 Å². The molecule has 0 amide bonds. The number of carbonyl (C=O) groups is 1. The monoisotopic (exact) mass is 316 g/mol. The highest BCUT2D eigenvalue weighted by molar-refractivity contribution is 6.08. The van der Waals surface area contributed by atoms with E-state index in [1.54, 1.807) is 12.2 Å². The van der Waals surface area contributed by atoms with Gasteiger partial charge in [0.05, 0.1) is 0 Å². The summed E-state index contributed by atoms with van der Waals surface area (Å²) in [6.45, 7) is 1.08. The number of benzene rings is 3. The van der Waals surface area contributed by atoms with Gasteiger partial charge in [0.2, 0.25) is 0 Å². The van der Waals surface area contributed by atoms with E-state index in [4.69, 9.17) is 9.47 Å². The van der Waals surface area contributed by atoms with E-state index >= 15 is 0 Å². The quantitative estimate of drug-likeness (QED) is 0.527. The van der Waals surface area contributed by atoms with Gasteiger partial charge in [-0.05, 0) is 35.1 Å². The second-order valence-corrected chi connectivity index (χ2v) is 5.63. The molecule has 3 aromatic carbocycles. The Hall–Kier alpha value is -3.07. The van der Waals surface area contributed by atoms with Crippen LogP contribution in [-0.2, 0) is 0 Å². The number of hydrogen-bond donors (Lipinski definition) is 0. The summed E-state index contributed by atoms with van der Waals surface area (Å²) in [6, 6.07) is 19.4. The van der Waals surface area contributed by atoms with Gasteiger partial charge in [-0.1, -0.05) is 48.5 Å². The Morgan fingerprint density at radius 1 is 0.875 bits per heavy atom. The zero-order valence-corrected chi connectivity index (χ0v) is 13.1. The van der Waals surface area contributed by atoms with Gasteiger partial charge in [0.25, 0.3) is 0 Å². The predicted molar refractivity (Wildman–Crippen MR) is 94.7 cm³/mol. The van der Waals surface area contributed by atoms with E-state index in [0.717, 1.165) is 22.1 Å². The van der Waals surface area contributed by atoms with E-state index in [9.17, 15) is 4.79 Å². The van der Waals surface area contributed by atoms with Crippen LogP contribution in [0.1, 0.15) is 15.9 Å². The molecule has 3 nitrogen and oxygen atoms in total. The molecule has 24 heavy (non-hydrogen) atoms. The van der Waals surface area contributed by atoms with Crippen molar-refractivity contribution in [2.24, 2.45) is 0 Å². The lowest BCUT2D eigenvalue weighted by Gasteiger charge is -2.19. The number of para-hydroxylation sites is 1. The van der Waals surface area contributed by atoms with Gasteiger partial charge in [-0.25, -0.2) is 0 Å². The zero-order chi connectivity index (χ0) is 16.4. The summed E-state index contributed by atoms with van der Waals surface area (Å²) >= 11 is 0. The molecule has 0 atom stereocenters. The van der Waals surface area contributed by atoms with Crippen molar-refractivity contribution in [2.45, 2.75) is 0 Å². The van der Waals surface area contributed by atoms with E-state index in [0.29, 0.717) is 24.5 Å². The molecule has 0 saturated carbocycles. The Labute approximate surface area is 140 Å². The van der Waals surface area contributed by atoms with Crippen molar-refractivity contribution in [3.63, 3.8) is 0 Å². The fraction of sp³-hybridized carbons (Fsp3) is 0.0952. The normalized spacial score (nSPS) is 13.3. The van der Waals surface area contributed by atoms with Crippen molar-refractivity contribution in [1.82, 2.24) is 0 Å². The van der Waals surface area contributed by atoms with Gasteiger partial charge >= 0.3 is 0 Å². The number of rotatable bonds is 3. The summed E-state index contributed by atoms with van der Waals surface area (Å²) in [5.41, 5.74) is 1.52. The molecule has 0 bridgehead atoms. The maximum absolute atomic E-state index is 12.5. The van der Waals surface area contributed by atoms with Crippen molar-refractivity contribution in [3.8, 4) is 11.5 Å². The topological polar surface area (TPSA) is 35.5 Å². The molecule has 3 heteroatoms. The first kappa shape index (κ1) is 14.5. The summed E-state index contributed by atoms with van der Waals surface area (Å²) in [5, 5.41) is 2.19. The fourth-order valence-electron chi connectivity index (χ4n) is 2.83. The third-order valence-electron chi connectivity index (χ3n) is 4.04. The molecule has 1 aliphatic rings. The van der Waals surface area contributed by atoms with Crippen LogP contribution in [0.2, 0.25) is 0 Å². The molecule has 3 aromatic rings. The summed E-state index contributed by atoms with van der Waals surface area (Å²) in [7, 11) is 0. The van der Waals surface area contributed by atoms with Crippen molar-refractivity contribution in [3.05, 3.63) is 77.9 Å². The number of fused-ring (bicyclic) bond motifs is 2. The van der Waals surface area contributed by atoms with Crippen LogP contribution in [0.5, 0.6) is 11.5 Å². The number of hydrogen-bond acceptors (Lipinski definition) is 3. The Balaban J connectivity index is 1.62. The average Bonchev–Trinajstić information content (AvgIpc) is 2.65. The lowest BCUT2D eigenvalue weighted by Crippen LogP contribution is -2.15. The van der Waals surface area contributed by atoms with Crippen molar-refractivity contribution in [2.75, 3.05) is 13.2 Å². The van der Waals surface area contributed by atoms with Crippen LogP contribution in [0.15, 0.2) is 66.7 Å². The highest BCUT2D eigenvalue weighted by Gasteiger charge is 2.14. The number of ether oxygens (including phenoxy) is 2. The molecular formula is C21H16O3. The third-order valence-corrected chi connectivity index (χ3v) is 4.04. The molecule has 0 spiro atoms. The minimum absolute atomic E-state index is 0.0323. The lowest BCUT2D eigenvalue weighted by molar-refractivity contribution is 0.104. The largest absolute Gasteiger partial charge is 0.486 e. The summed E-state index contributed by atoms with van der Waals surface area (Å²) in [6.07, 6.45) is 3.36. The van der Waals surface area contributed by atoms with Gasteiger partial charge in [0.15, 0.2) is 17.3 Å². The molecule has 0 radical (unpaired) electrons. The number of carbonyl (C=O) groups excluding carboxylic acids is 1. The average molecular weight is 316 g/mol. The minimum Gasteiger partial charge on any atom is -0.486 e.